The molecule has 0 aliphatic heterocycles. The van der Waals surface area contributed by atoms with Gasteiger partial charge >= 0.3 is 0 Å². The van der Waals surface area contributed by atoms with Gasteiger partial charge in [-0.3, -0.25) is 4.68 Å². The Morgan fingerprint density at radius 1 is 1.33 bits per heavy atom. The lowest BCUT2D eigenvalue weighted by Gasteiger charge is -2.39. The number of aromatic nitrogens is 2. The zero-order valence-electron chi connectivity index (χ0n) is 9.85. The van der Waals surface area contributed by atoms with Crippen LogP contribution in [0.4, 0.5) is 0 Å². The summed E-state index contributed by atoms with van der Waals surface area (Å²) >= 11 is 0. The first kappa shape index (κ1) is 10.7. The van der Waals surface area contributed by atoms with Gasteiger partial charge in [0.1, 0.15) is 0 Å². The molecule has 15 heavy (non-hydrogen) atoms. The van der Waals surface area contributed by atoms with Gasteiger partial charge in [0.05, 0.1) is 6.04 Å². The van der Waals surface area contributed by atoms with Crippen LogP contribution >= 0.6 is 0 Å². The summed E-state index contributed by atoms with van der Waals surface area (Å²) in [6.45, 7) is 4.69. The molecule has 0 spiro atoms. The molecule has 1 aliphatic rings. The van der Waals surface area contributed by atoms with Crippen molar-refractivity contribution in [3.8, 4) is 0 Å². The van der Waals surface area contributed by atoms with E-state index in [1.165, 1.54) is 12.8 Å². The fourth-order valence-corrected chi connectivity index (χ4v) is 3.03. The zero-order chi connectivity index (χ0) is 10.8. The summed E-state index contributed by atoms with van der Waals surface area (Å²) in [5, 5.41) is 7.83. The van der Waals surface area contributed by atoms with Crippen molar-refractivity contribution in [3.63, 3.8) is 0 Å². The molecule has 1 N–H and O–H groups in total. The van der Waals surface area contributed by atoms with Crippen molar-refractivity contribution in [2.45, 2.75) is 38.8 Å². The first-order valence-corrected chi connectivity index (χ1v) is 5.88. The van der Waals surface area contributed by atoms with Crippen molar-refractivity contribution in [1.82, 2.24) is 15.1 Å². The molecule has 0 aromatic carbocycles. The number of rotatable bonds is 2. The van der Waals surface area contributed by atoms with E-state index in [9.17, 15) is 0 Å². The molecule has 1 saturated carbocycles. The van der Waals surface area contributed by atoms with E-state index in [0.29, 0.717) is 18.0 Å². The van der Waals surface area contributed by atoms with Crippen LogP contribution in [-0.2, 0) is 0 Å². The van der Waals surface area contributed by atoms with Gasteiger partial charge in [-0.1, -0.05) is 13.8 Å². The molecule has 0 saturated heterocycles. The quantitative estimate of drug-likeness (QED) is 0.804. The zero-order valence-corrected chi connectivity index (χ0v) is 9.85. The Balaban J connectivity index is 2.20. The molecule has 4 atom stereocenters. The molecule has 2 rings (SSSR count). The largest absolute Gasteiger partial charge is 0.315 e. The molecule has 1 fully saturated rings. The Morgan fingerprint density at radius 2 is 2.13 bits per heavy atom. The lowest BCUT2D eigenvalue weighted by atomic mass is 9.76. The molecule has 4 unspecified atom stereocenters. The number of likely N-dealkylation sites (N-methyl/N-ethyl adjacent to an activating group) is 1. The standard InChI is InChI=1S/C12H21N3/c1-9-7-10(2)12(11(8-9)13-3)15-6-4-5-14-15/h4-6,9-13H,7-8H2,1-3H3. The van der Waals surface area contributed by atoms with Gasteiger partial charge in [0.2, 0.25) is 0 Å². The number of hydrogen-bond donors (Lipinski definition) is 1. The highest BCUT2D eigenvalue weighted by Crippen LogP contribution is 2.36. The van der Waals surface area contributed by atoms with Crippen LogP contribution < -0.4 is 5.32 Å². The van der Waals surface area contributed by atoms with Crippen LogP contribution in [0, 0.1) is 11.8 Å². The smallest absolute Gasteiger partial charge is 0.0697 e. The Kier molecular flexibility index (Phi) is 3.10. The minimum atomic E-state index is 0.515. The Labute approximate surface area is 91.9 Å². The van der Waals surface area contributed by atoms with Crippen molar-refractivity contribution in [3.05, 3.63) is 18.5 Å². The fraction of sp³-hybridized carbons (Fsp3) is 0.750. The third-order valence-electron chi connectivity index (χ3n) is 3.63. The van der Waals surface area contributed by atoms with E-state index in [1.54, 1.807) is 0 Å². The van der Waals surface area contributed by atoms with Crippen LogP contribution in [0.25, 0.3) is 0 Å². The molecule has 0 amide bonds. The fourth-order valence-electron chi connectivity index (χ4n) is 3.03. The predicted molar refractivity (Wildman–Crippen MR) is 61.7 cm³/mol. The third-order valence-corrected chi connectivity index (χ3v) is 3.63. The second-order valence-electron chi connectivity index (χ2n) is 4.93. The summed E-state index contributed by atoms with van der Waals surface area (Å²) in [5.41, 5.74) is 0. The van der Waals surface area contributed by atoms with Crippen molar-refractivity contribution in [2.75, 3.05) is 7.05 Å². The van der Waals surface area contributed by atoms with Crippen molar-refractivity contribution < 1.29 is 0 Å². The van der Waals surface area contributed by atoms with Gasteiger partial charge in [-0.25, -0.2) is 0 Å². The van der Waals surface area contributed by atoms with Gasteiger partial charge in [0.25, 0.3) is 0 Å². The second-order valence-corrected chi connectivity index (χ2v) is 4.93. The minimum Gasteiger partial charge on any atom is -0.315 e. The van der Waals surface area contributed by atoms with E-state index in [1.807, 2.05) is 12.3 Å². The maximum Gasteiger partial charge on any atom is 0.0697 e. The average molecular weight is 207 g/mol. The lowest BCUT2D eigenvalue weighted by Crippen LogP contribution is -2.44. The highest BCUT2D eigenvalue weighted by molar-refractivity contribution is 4.93. The van der Waals surface area contributed by atoms with Crippen molar-refractivity contribution >= 4 is 0 Å². The SMILES string of the molecule is CNC1CC(C)CC(C)C1n1cccn1. The van der Waals surface area contributed by atoms with E-state index in [-0.39, 0.29) is 0 Å². The number of hydrogen-bond acceptors (Lipinski definition) is 2. The Bertz CT molecular complexity index is 294. The molecule has 0 bridgehead atoms. The van der Waals surface area contributed by atoms with Crippen LogP contribution in [0.15, 0.2) is 18.5 Å². The van der Waals surface area contributed by atoms with Crippen LogP contribution in [0.1, 0.15) is 32.7 Å². The van der Waals surface area contributed by atoms with Crippen molar-refractivity contribution in [1.29, 1.82) is 0 Å². The van der Waals surface area contributed by atoms with Gasteiger partial charge in [-0.05, 0) is 37.8 Å². The van der Waals surface area contributed by atoms with Crippen LogP contribution in [-0.4, -0.2) is 22.9 Å². The molecule has 1 aromatic rings. The van der Waals surface area contributed by atoms with Gasteiger partial charge in [0.15, 0.2) is 0 Å². The Morgan fingerprint density at radius 3 is 2.73 bits per heavy atom. The second kappa shape index (κ2) is 4.35. The minimum absolute atomic E-state index is 0.515. The first-order chi connectivity index (χ1) is 7.22. The number of nitrogens with one attached hydrogen (secondary N) is 1. The third kappa shape index (κ3) is 2.07. The molecule has 1 aliphatic carbocycles. The van der Waals surface area contributed by atoms with Crippen LogP contribution in [0.5, 0.6) is 0 Å². The molecule has 3 nitrogen and oxygen atoms in total. The first-order valence-electron chi connectivity index (χ1n) is 5.88. The molecular formula is C12H21N3. The topological polar surface area (TPSA) is 29.9 Å². The lowest BCUT2D eigenvalue weighted by molar-refractivity contribution is 0.148. The molecule has 1 heterocycles. The summed E-state index contributed by atoms with van der Waals surface area (Å²) in [7, 11) is 2.06. The highest BCUT2D eigenvalue weighted by atomic mass is 15.3. The van der Waals surface area contributed by atoms with Gasteiger partial charge in [0, 0.05) is 18.4 Å². The molecule has 84 valence electrons. The molecule has 1 aromatic heterocycles. The number of nitrogens with zero attached hydrogens (tertiary/aromatic N) is 2. The van der Waals surface area contributed by atoms with E-state index in [4.69, 9.17) is 0 Å². The average Bonchev–Trinajstić information content (AvgIpc) is 2.69. The molecule has 0 radical (unpaired) electrons. The maximum atomic E-state index is 4.39. The van der Waals surface area contributed by atoms with Crippen molar-refractivity contribution in [2.24, 2.45) is 11.8 Å². The monoisotopic (exact) mass is 207 g/mol. The predicted octanol–water partition coefficient (Wildman–Crippen LogP) is 2.08. The Hall–Kier alpha value is -0.830. The summed E-state index contributed by atoms with van der Waals surface area (Å²) < 4.78 is 2.12. The van der Waals surface area contributed by atoms with E-state index >= 15 is 0 Å². The molecule has 3 heteroatoms. The maximum absolute atomic E-state index is 4.39. The van der Waals surface area contributed by atoms with E-state index in [2.05, 4.69) is 42.2 Å². The van der Waals surface area contributed by atoms with Gasteiger partial charge in [-0.15, -0.1) is 0 Å². The van der Waals surface area contributed by atoms with E-state index in [0.717, 1.165) is 5.92 Å². The summed E-state index contributed by atoms with van der Waals surface area (Å²) in [5.74, 6) is 1.52. The summed E-state index contributed by atoms with van der Waals surface area (Å²) in [4.78, 5) is 0. The normalized spacial score (nSPS) is 36.7. The van der Waals surface area contributed by atoms with E-state index < -0.39 is 0 Å². The summed E-state index contributed by atoms with van der Waals surface area (Å²) in [6.07, 6.45) is 6.52. The van der Waals surface area contributed by atoms with Gasteiger partial charge < -0.3 is 5.32 Å². The van der Waals surface area contributed by atoms with Crippen LogP contribution in [0.3, 0.4) is 0 Å². The van der Waals surface area contributed by atoms with Gasteiger partial charge in [-0.2, -0.15) is 5.10 Å². The highest BCUT2D eigenvalue weighted by Gasteiger charge is 2.34. The summed E-state index contributed by atoms with van der Waals surface area (Å²) in [6, 6.07) is 3.09. The molecular weight excluding hydrogens is 186 g/mol. The van der Waals surface area contributed by atoms with Crippen LogP contribution in [0.2, 0.25) is 0 Å².